The number of carboxylic acids is 1. The van der Waals surface area contributed by atoms with Gasteiger partial charge in [0.15, 0.2) is 0 Å². The van der Waals surface area contributed by atoms with Crippen molar-refractivity contribution in [2.45, 2.75) is 56.7 Å². The van der Waals surface area contributed by atoms with E-state index in [-0.39, 0.29) is 42.8 Å². The molecule has 1 aromatic carbocycles. The number of benzene rings is 1. The van der Waals surface area contributed by atoms with Crippen molar-refractivity contribution in [1.82, 2.24) is 4.90 Å². The molecule has 2 fully saturated rings. The molecular formula is C19H22N2O5. The van der Waals surface area contributed by atoms with Crippen LogP contribution in [-0.2, 0) is 9.59 Å². The highest BCUT2D eigenvalue weighted by Gasteiger charge is 2.53. The standard InChI is InChI=1S/C19H22N2O5/c22-16(9-10-17(23)24)20(11-5-6-11)18-12-3-1-2-4-14(12)21(19(25)26)15-8-7-13(15)18/h1-4,11,13,15,18H,5-10H2,(H,23,24)(H,25,26)/t13-,15-,18?/m1/s1. The number of hydrogen-bond acceptors (Lipinski definition) is 3. The highest BCUT2D eigenvalue weighted by Crippen LogP contribution is 2.54. The van der Waals surface area contributed by atoms with Gasteiger partial charge in [0.05, 0.1) is 18.2 Å². The summed E-state index contributed by atoms with van der Waals surface area (Å²) in [6.45, 7) is 0. The number of carbonyl (C=O) groups is 3. The first-order valence-corrected chi connectivity index (χ1v) is 9.13. The van der Waals surface area contributed by atoms with Crippen LogP contribution in [0.15, 0.2) is 24.3 Å². The Balaban J connectivity index is 1.72. The Morgan fingerprint density at radius 1 is 1.04 bits per heavy atom. The number of amides is 2. The van der Waals surface area contributed by atoms with Gasteiger partial charge in [-0.05, 0) is 37.3 Å². The van der Waals surface area contributed by atoms with E-state index in [0.717, 1.165) is 31.2 Å². The van der Waals surface area contributed by atoms with E-state index in [1.165, 1.54) is 4.90 Å². The molecule has 1 aromatic rings. The Morgan fingerprint density at radius 3 is 2.35 bits per heavy atom. The van der Waals surface area contributed by atoms with Gasteiger partial charge in [0, 0.05) is 24.4 Å². The first-order chi connectivity index (χ1) is 12.5. The van der Waals surface area contributed by atoms with Crippen LogP contribution in [0.1, 0.15) is 50.1 Å². The lowest BCUT2D eigenvalue weighted by atomic mass is 9.68. The van der Waals surface area contributed by atoms with Gasteiger partial charge >= 0.3 is 12.1 Å². The summed E-state index contributed by atoms with van der Waals surface area (Å²) in [6, 6.07) is 7.28. The van der Waals surface area contributed by atoms with Gasteiger partial charge in [0.25, 0.3) is 0 Å². The molecule has 2 aliphatic carbocycles. The molecule has 1 aliphatic heterocycles. The number of rotatable bonds is 5. The Morgan fingerprint density at radius 2 is 1.77 bits per heavy atom. The van der Waals surface area contributed by atoms with Gasteiger partial charge in [-0.3, -0.25) is 14.5 Å². The molecule has 26 heavy (non-hydrogen) atoms. The maximum absolute atomic E-state index is 12.9. The summed E-state index contributed by atoms with van der Waals surface area (Å²) in [5.74, 6) is -1.03. The Bertz CT molecular complexity index is 760. The average molecular weight is 358 g/mol. The zero-order valence-electron chi connectivity index (χ0n) is 14.4. The van der Waals surface area contributed by atoms with E-state index in [9.17, 15) is 19.5 Å². The average Bonchev–Trinajstić information content (AvgIpc) is 3.40. The van der Waals surface area contributed by atoms with Gasteiger partial charge < -0.3 is 15.1 Å². The number of nitrogens with zero attached hydrogens (tertiary/aromatic N) is 2. The molecule has 0 radical (unpaired) electrons. The molecule has 3 atom stereocenters. The van der Waals surface area contributed by atoms with E-state index < -0.39 is 12.1 Å². The number of anilines is 1. The Labute approximate surface area is 151 Å². The van der Waals surface area contributed by atoms with Crippen LogP contribution in [0.2, 0.25) is 0 Å². The largest absolute Gasteiger partial charge is 0.481 e. The number of carboxylic acid groups (broad SMARTS) is 2. The first-order valence-electron chi connectivity index (χ1n) is 9.13. The Hall–Kier alpha value is -2.57. The summed E-state index contributed by atoms with van der Waals surface area (Å²) in [6.07, 6.45) is 2.39. The van der Waals surface area contributed by atoms with Crippen molar-refractivity contribution in [3.63, 3.8) is 0 Å². The van der Waals surface area contributed by atoms with E-state index in [0.29, 0.717) is 5.69 Å². The topological polar surface area (TPSA) is 98.2 Å². The minimum Gasteiger partial charge on any atom is -0.481 e. The Kier molecular flexibility index (Phi) is 4.09. The summed E-state index contributed by atoms with van der Waals surface area (Å²) in [4.78, 5) is 38.9. The van der Waals surface area contributed by atoms with Crippen LogP contribution in [0.4, 0.5) is 10.5 Å². The summed E-state index contributed by atoms with van der Waals surface area (Å²) < 4.78 is 0. The second kappa shape index (κ2) is 6.30. The van der Waals surface area contributed by atoms with E-state index >= 15 is 0 Å². The maximum atomic E-state index is 12.9. The fourth-order valence-electron chi connectivity index (χ4n) is 4.45. The van der Waals surface area contributed by atoms with Crippen LogP contribution in [0.3, 0.4) is 0 Å². The van der Waals surface area contributed by atoms with Crippen molar-refractivity contribution in [3.8, 4) is 0 Å². The number of para-hydroxylation sites is 1. The lowest BCUT2D eigenvalue weighted by Gasteiger charge is -2.54. The molecule has 138 valence electrons. The summed E-state index contributed by atoms with van der Waals surface area (Å²) in [5, 5.41) is 18.6. The SMILES string of the molecule is O=C(O)CCC(=O)N(C1CC1)C1c2ccccc2N(C(=O)O)[C@@H]2CC[C@@H]12. The lowest BCUT2D eigenvalue weighted by molar-refractivity contribution is -0.143. The lowest BCUT2D eigenvalue weighted by Crippen LogP contribution is -2.59. The molecule has 4 rings (SSSR count). The molecular weight excluding hydrogens is 336 g/mol. The van der Waals surface area contributed by atoms with Gasteiger partial charge in [-0.25, -0.2) is 4.79 Å². The summed E-state index contributed by atoms with van der Waals surface area (Å²) in [5.41, 5.74) is 1.52. The van der Waals surface area contributed by atoms with E-state index in [1.807, 2.05) is 23.1 Å². The fraction of sp³-hybridized carbons (Fsp3) is 0.526. The van der Waals surface area contributed by atoms with Crippen molar-refractivity contribution >= 4 is 23.7 Å². The third kappa shape index (κ3) is 2.71. The molecule has 0 spiro atoms. The molecule has 0 aromatic heterocycles. The molecule has 1 unspecified atom stereocenters. The monoisotopic (exact) mass is 358 g/mol. The second-order valence-electron chi connectivity index (χ2n) is 7.39. The minimum absolute atomic E-state index is 0.00939. The molecule has 3 aliphatic rings. The van der Waals surface area contributed by atoms with Gasteiger partial charge in [-0.15, -0.1) is 0 Å². The summed E-state index contributed by atoms with van der Waals surface area (Å²) in [7, 11) is 0. The van der Waals surface area contributed by atoms with Gasteiger partial charge in [-0.1, -0.05) is 18.2 Å². The molecule has 0 saturated heterocycles. The molecule has 0 bridgehead atoms. The van der Waals surface area contributed by atoms with Crippen molar-refractivity contribution in [2.75, 3.05) is 4.90 Å². The van der Waals surface area contributed by atoms with Crippen molar-refractivity contribution in [2.24, 2.45) is 5.92 Å². The highest BCUT2D eigenvalue weighted by molar-refractivity contribution is 5.90. The molecule has 2 N–H and O–H groups in total. The zero-order chi connectivity index (χ0) is 18.4. The third-order valence-electron chi connectivity index (χ3n) is 5.83. The van der Waals surface area contributed by atoms with E-state index in [2.05, 4.69) is 0 Å². The van der Waals surface area contributed by atoms with Crippen LogP contribution in [-0.4, -0.2) is 45.2 Å². The highest BCUT2D eigenvalue weighted by atomic mass is 16.4. The van der Waals surface area contributed by atoms with Crippen molar-refractivity contribution in [1.29, 1.82) is 0 Å². The van der Waals surface area contributed by atoms with Gasteiger partial charge in [0.1, 0.15) is 0 Å². The fourth-order valence-corrected chi connectivity index (χ4v) is 4.45. The number of aliphatic carboxylic acids is 1. The predicted molar refractivity (Wildman–Crippen MR) is 92.9 cm³/mol. The van der Waals surface area contributed by atoms with Crippen LogP contribution in [0.5, 0.6) is 0 Å². The van der Waals surface area contributed by atoms with Crippen LogP contribution < -0.4 is 4.90 Å². The number of carbonyl (C=O) groups excluding carboxylic acids is 1. The smallest absolute Gasteiger partial charge is 0.412 e. The van der Waals surface area contributed by atoms with Gasteiger partial charge in [0.2, 0.25) is 5.91 Å². The molecule has 7 heteroatoms. The zero-order valence-corrected chi connectivity index (χ0v) is 14.4. The van der Waals surface area contributed by atoms with E-state index in [1.54, 1.807) is 6.07 Å². The van der Waals surface area contributed by atoms with E-state index in [4.69, 9.17) is 5.11 Å². The summed E-state index contributed by atoms with van der Waals surface area (Å²) >= 11 is 0. The first kappa shape index (κ1) is 16.9. The minimum atomic E-state index is -0.975. The molecule has 2 saturated carbocycles. The van der Waals surface area contributed by atoms with Crippen LogP contribution in [0, 0.1) is 5.92 Å². The predicted octanol–water partition coefficient (Wildman–Crippen LogP) is 2.86. The quantitative estimate of drug-likeness (QED) is 0.843. The van der Waals surface area contributed by atoms with Gasteiger partial charge in [-0.2, -0.15) is 0 Å². The number of fused-ring (bicyclic) bond motifs is 2. The number of hydrogen-bond donors (Lipinski definition) is 2. The van der Waals surface area contributed by atoms with Crippen LogP contribution in [0.25, 0.3) is 0 Å². The third-order valence-corrected chi connectivity index (χ3v) is 5.83. The van der Waals surface area contributed by atoms with Crippen molar-refractivity contribution < 1.29 is 24.6 Å². The molecule has 1 heterocycles. The van der Waals surface area contributed by atoms with Crippen molar-refractivity contribution in [3.05, 3.63) is 29.8 Å². The second-order valence-corrected chi connectivity index (χ2v) is 7.39. The maximum Gasteiger partial charge on any atom is 0.412 e. The van der Waals surface area contributed by atoms with Crippen LogP contribution >= 0.6 is 0 Å². The molecule has 7 nitrogen and oxygen atoms in total. The molecule has 2 amide bonds. The normalized spacial score (nSPS) is 26.3.